The Labute approximate surface area is 77.0 Å². The highest BCUT2D eigenvalue weighted by Crippen LogP contribution is 2.27. The van der Waals surface area contributed by atoms with E-state index < -0.39 is 0 Å². The van der Waals surface area contributed by atoms with Crippen molar-refractivity contribution in [3.05, 3.63) is 10.6 Å². The van der Waals surface area contributed by atoms with Crippen molar-refractivity contribution in [3.8, 4) is 0 Å². The van der Waals surface area contributed by atoms with Crippen LogP contribution in [-0.2, 0) is 0 Å². The third-order valence-electron chi connectivity index (χ3n) is 2.46. The van der Waals surface area contributed by atoms with Gasteiger partial charge in [0.25, 0.3) is 0 Å². The van der Waals surface area contributed by atoms with Crippen molar-refractivity contribution in [1.82, 2.24) is 4.98 Å². The van der Waals surface area contributed by atoms with Gasteiger partial charge in [-0.1, -0.05) is 0 Å². The fourth-order valence-corrected chi connectivity index (χ4v) is 2.15. The molecular weight excluding hydrogens is 168 g/mol. The van der Waals surface area contributed by atoms with Crippen LogP contribution in [0.4, 0.5) is 5.13 Å². The van der Waals surface area contributed by atoms with E-state index in [1.54, 1.807) is 11.3 Å². The number of hydrogen-bond acceptors (Lipinski definition) is 3. The Hall–Kier alpha value is -0.570. The monoisotopic (exact) mass is 182 g/mol. The third-order valence-corrected chi connectivity index (χ3v) is 3.47. The fourth-order valence-electron chi connectivity index (χ4n) is 1.26. The first-order valence-corrected chi connectivity index (χ1v) is 5.28. The van der Waals surface area contributed by atoms with Crippen molar-refractivity contribution in [1.29, 1.82) is 0 Å². The number of nitrogens with zero attached hydrogens (tertiary/aromatic N) is 1. The third kappa shape index (κ3) is 1.46. The quantitative estimate of drug-likeness (QED) is 0.760. The predicted molar refractivity (Wildman–Crippen MR) is 52.8 cm³/mol. The van der Waals surface area contributed by atoms with Crippen LogP contribution in [0.3, 0.4) is 0 Å². The Morgan fingerprint density at radius 1 is 1.42 bits per heavy atom. The van der Waals surface area contributed by atoms with Gasteiger partial charge in [0.1, 0.15) is 0 Å². The summed E-state index contributed by atoms with van der Waals surface area (Å²) in [5.41, 5.74) is 1.17. The summed E-state index contributed by atoms with van der Waals surface area (Å²) in [7, 11) is 0. The number of aryl methyl sites for hydroxylation is 2. The van der Waals surface area contributed by atoms with Gasteiger partial charge >= 0.3 is 0 Å². The van der Waals surface area contributed by atoms with E-state index in [0.29, 0.717) is 6.04 Å². The van der Waals surface area contributed by atoms with Gasteiger partial charge in [-0.3, -0.25) is 0 Å². The minimum atomic E-state index is 0.704. The second kappa shape index (κ2) is 3.05. The van der Waals surface area contributed by atoms with Crippen LogP contribution < -0.4 is 5.32 Å². The number of nitrogens with one attached hydrogen (secondary N) is 1. The van der Waals surface area contributed by atoms with Gasteiger partial charge in [-0.25, -0.2) is 4.98 Å². The van der Waals surface area contributed by atoms with Crippen LogP contribution in [0.5, 0.6) is 0 Å². The molecule has 1 aromatic heterocycles. The van der Waals surface area contributed by atoms with Crippen molar-refractivity contribution in [2.75, 3.05) is 5.32 Å². The second-order valence-electron chi connectivity index (χ2n) is 3.43. The second-order valence-corrected chi connectivity index (χ2v) is 4.64. The molecule has 0 radical (unpaired) electrons. The minimum Gasteiger partial charge on any atom is -0.359 e. The highest BCUT2D eigenvalue weighted by Gasteiger charge is 2.18. The highest BCUT2D eigenvalue weighted by atomic mass is 32.1. The first-order chi connectivity index (χ1) is 5.75. The number of hydrogen-bond donors (Lipinski definition) is 1. The van der Waals surface area contributed by atoms with E-state index in [2.05, 4.69) is 24.1 Å². The molecule has 1 fully saturated rings. The van der Waals surface area contributed by atoms with E-state index in [4.69, 9.17) is 0 Å². The van der Waals surface area contributed by atoms with E-state index in [-0.39, 0.29) is 0 Å². The van der Waals surface area contributed by atoms with E-state index >= 15 is 0 Å². The van der Waals surface area contributed by atoms with Gasteiger partial charge < -0.3 is 5.32 Å². The van der Waals surface area contributed by atoms with Gasteiger partial charge in [0.05, 0.1) is 5.69 Å². The summed E-state index contributed by atoms with van der Waals surface area (Å²) in [5, 5.41) is 4.55. The maximum absolute atomic E-state index is 4.44. The Kier molecular flexibility index (Phi) is 2.05. The van der Waals surface area contributed by atoms with Crippen LogP contribution in [-0.4, -0.2) is 11.0 Å². The molecule has 1 heterocycles. The molecule has 0 amide bonds. The van der Waals surface area contributed by atoms with Gasteiger partial charge in [0, 0.05) is 10.9 Å². The van der Waals surface area contributed by atoms with Crippen molar-refractivity contribution in [2.24, 2.45) is 0 Å². The fraction of sp³-hybridized carbons (Fsp3) is 0.667. The minimum absolute atomic E-state index is 0.704. The molecule has 0 atom stereocenters. The molecule has 0 saturated heterocycles. The first kappa shape index (κ1) is 8.05. The zero-order valence-electron chi connectivity index (χ0n) is 7.55. The van der Waals surface area contributed by atoms with Gasteiger partial charge in [-0.05, 0) is 33.1 Å². The summed E-state index contributed by atoms with van der Waals surface area (Å²) < 4.78 is 0. The maximum atomic E-state index is 4.44. The Morgan fingerprint density at radius 2 is 2.17 bits per heavy atom. The summed E-state index contributed by atoms with van der Waals surface area (Å²) in [6.07, 6.45) is 4.01. The van der Waals surface area contributed by atoms with Gasteiger partial charge in [0.2, 0.25) is 0 Å². The summed E-state index contributed by atoms with van der Waals surface area (Å²) in [4.78, 5) is 5.77. The van der Waals surface area contributed by atoms with E-state index in [1.165, 1.54) is 29.8 Å². The molecular formula is C9H14N2S. The van der Waals surface area contributed by atoms with Crippen LogP contribution in [0.1, 0.15) is 29.8 Å². The van der Waals surface area contributed by atoms with Crippen molar-refractivity contribution in [2.45, 2.75) is 39.2 Å². The van der Waals surface area contributed by atoms with E-state index in [9.17, 15) is 0 Å². The summed E-state index contributed by atoms with van der Waals surface area (Å²) in [6.45, 7) is 4.19. The maximum Gasteiger partial charge on any atom is 0.183 e. The lowest BCUT2D eigenvalue weighted by Gasteiger charge is -2.25. The molecule has 1 aliphatic rings. The van der Waals surface area contributed by atoms with E-state index in [1.807, 2.05) is 0 Å². The van der Waals surface area contributed by atoms with Crippen LogP contribution in [0, 0.1) is 13.8 Å². The van der Waals surface area contributed by atoms with Crippen molar-refractivity contribution < 1.29 is 0 Å². The molecule has 0 spiro atoms. The van der Waals surface area contributed by atoms with Gasteiger partial charge in [-0.15, -0.1) is 11.3 Å². The largest absolute Gasteiger partial charge is 0.359 e. The van der Waals surface area contributed by atoms with E-state index in [0.717, 1.165) is 5.13 Å². The SMILES string of the molecule is Cc1nc(NC2CCC2)sc1C. The molecule has 1 N–H and O–H groups in total. The smallest absolute Gasteiger partial charge is 0.183 e. The molecule has 3 heteroatoms. The topological polar surface area (TPSA) is 24.9 Å². The lowest BCUT2D eigenvalue weighted by atomic mass is 9.93. The standard InChI is InChI=1S/C9H14N2S/c1-6-7(2)12-9(10-6)11-8-4-3-5-8/h8H,3-5H2,1-2H3,(H,10,11). The number of rotatable bonds is 2. The molecule has 0 aliphatic heterocycles. The summed E-state index contributed by atoms with van der Waals surface area (Å²) in [6, 6.07) is 0.704. The molecule has 0 bridgehead atoms. The highest BCUT2D eigenvalue weighted by molar-refractivity contribution is 7.15. The average Bonchev–Trinajstić information content (AvgIpc) is 2.24. The normalized spacial score (nSPS) is 17.5. The first-order valence-electron chi connectivity index (χ1n) is 4.46. The number of thiazole rings is 1. The lowest BCUT2D eigenvalue weighted by molar-refractivity contribution is 0.445. The molecule has 1 aromatic rings. The lowest BCUT2D eigenvalue weighted by Crippen LogP contribution is -2.26. The van der Waals surface area contributed by atoms with Gasteiger partial charge in [0.15, 0.2) is 5.13 Å². The van der Waals surface area contributed by atoms with Crippen molar-refractivity contribution >= 4 is 16.5 Å². The molecule has 1 saturated carbocycles. The molecule has 1 aliphatic carbocycles. The van der Waals surface area contributed by atoms with Crippen molar-refractivity contribution in [3.63, 3.8) is 0 Å². The molecule has 2 rings (SSSR count). The summed E-state index contributed by atoms with van der Waals surface area (Å²) >= 11 is 1.77. The summed E-state index contributed by atoms with van der Waals surface area (Å²) in [5.74, 6) is 0. The molecule has 0 unspecified atom stereocenters. The number of aromatic nitrogens is 1. The van der Waals surface area contributed by atoms with Crippen LogP contribution in [0.15, 0.2) is 0 Å². The zero-order valence-corrected chi connectivity index (χ0v) is 8.37. The van der Waals surface area contributed by atoms with Crippen LogP contribution >= 0.6 is 11.3 Å². The predicted octanol–water partition coefficient (Wildman–Crippen LogP) is 2.72. The molecule has 12 heavy (non-hydrogen) atoms. The molecule has 66 valence electrons. The average molecular weight is 182 g/mol. The molecule has 0 aromatic carbocycles. The number of anilines is 1. The van der Waals surface area contributed by atoms with Gasteiger partial charge in [-0.2, -0.15) is 0 Å². The zero-order chi connectivity index (χ0) is 8.55. The molecule has 2 nitrogen and oxygen atoms in total. The van der Waals surface area contributed by atoms with Crippen LogP contribution in [0.2, 0.25) is 0 Å². The van der Waals surface area contributed by atoms with Crippen LogP contribution in [0.25, 0.3) is 0 Å². The Bertz CT molecular complexity index is 257. The Morgan fingerprint density at radius 3 is 2.58 bits per heavy atom. The Balaban J connectivity index is 2.02.